The van der Waals surface area contributed by atoms with Crippen molar-refractivity contribution in [3.05, 3.63) is 0 Å². The largest absolute Gasteiger partial charge is 0.390 e. The average molecular weight is 280 g/mol. The summed E-state index contributed by atoms with van der Waals surface area (Å²) in [7, 11) is 3.76. The molecule has 1 aliphatic rings. The zero-order chi connectivity index (χ0) is 14.5. The van der Waals surface area contributed by atoms with Crippen molar-refractivity contribution in [2.45, 2.75) is 51.2 Å². The first-order chi connectivity index (χ1) is 8.85. The Balaban J connectivity index is 2.42. The van der Waals surface area contributed by atoms with E-state index in [0.717, 1.165) is 25.3 Å². The maximum Gasteiger partial charge on any atom is 0.390 e. The Bertz CT molecular complexity index is 256. The second-order valence-electron chi connectivity index (χ2n) is 5.87. The van der Waals surface area contributed by atoms with E-state index in [1.54, 1.807) is 7.05 Å². The highest BCUT2D eigenvalue weighted by atomic mass is 19.4. The Morgan fingerprint density at radius 3 is 2.47 bits per heavy atom. The number of alkyl halides is 3. The van der Waals surface area contributed by atoms with Crippen LogP contribution in [0.15, 0.2) is 0 Å². The predicted molar refractivity (Wildman–Crippen MR) is 72.1 cm³/mol. The van der Waals surface area contributed by atoms with Gasteiger partial charge in [0.1, 0.15) is 0 Å². The summed E-state index contributed by atoms with van der Waals surface area (Å²) in [4.78, 5) is 1.83. The number of hydrogen-bond donors (Lipinski definition) is 1. The third kappa shape index (κ3) is 6.13. The highest BCUT2D eigenvalue weighted by Gasteiger charge is 2.31. The third-order valence-corrected chi connectivity index (χ3v) is 4.36. The van der Waals surface area contributed by atoms with Gasteiger partial charge < -0.3 is 10.2 Å². The summed E-state index contributed by atoms with van der Waals surface area (Å²) in [6, 6.07) is 0.455. The normalized spacial score (nSPS) is 28.9. The van der Waals surface area contributed by atoms with Crippen LogP contribution in [0, 0.1) is 11.8 Å². The van der Waals surface area contributed by atoms with Crippen LogP contribution in [-0.2, 0) is 0 Å². The first-order valence-electron chi connectivity index (χ1n) is 7.28. The van der Waals surface area contributed by atoms with Crippen LogP contribution >= 0.6 is 0 Å². The van der Waals surface area contributed by atoms with Crippen LogP contribution in [0.2, 0.25) is 0 Å². The molecule has 3 unspecified atom stereocenters. The van der Waals surface area contributed by atoms with Gasteiger partial charge in [0.15, 0.2) is 0 Å². The number of rotatable bonds is 6. The lowest BCUT2D eigenvalue weighted by atomic mass is 9.76. The van der Waals surface area contributed by atoms with Crippen LogP contribution in [-0.4, -0.2) is 44.3 Å². The van der Waals surface area contributed by atoms with E-state index >= 15 is 0 Å². The molecule has 3 atom stereocenters. The van der Waals surface area contributed by atoms with E-state index in [-0.39, 0.29) is 6.54 Å². The molecular weight excluding hydrogens is 253 g/mol. The van der Waals surface area contributed by atoms with Crippen LogP contribution in [0.1, 0.15) is 39.0 Å². The topological polar surface area (TPSA) is 15.3 Å². The zero-order valence-corrected chi connectivity index (χ0v) is 12.3. The van der Waals surface area contributed by atoms with Crippen molar-refractivity contribution in [3.63, 3.8) is 0 Å². The number of halogens is 3. The minimum atomic E-state index is -4.05. The Kier molecular flexibility index (Phi) is 6.60. The summed E-state index contributed by atoms with van der Waals surface area (Å²) in [5.41, 5.74) is 0. The molecule has 0 aromatic heterocycles. The first kappa shape index (κ1) is 16.8. The summed E-state index contributed by atoms with van der Waals surface area (Å²) in [6.45, 7) is 3.07. The fourth-order valence-electron chi connectivity index (χ4n) is 3.12. The number of nitrogens with one attached hydrogen (secondary N) is 1. The van der Waals surface area contributed by atoms with Gasteiger partial charge >= 0.3 is 6.18 Å². The Labute approximate surface area is 114 Å². The molecule has 0 aromatic carbocycles. The Morgan fingerprint density at radius 2 is 1.95 bits per heavy atom. The molecule has 0 aromatic rings. The van der Waals surface area contributed by atoms with Crippen LogP contribution in [0.4, 0.5) is 13.2 Å². The molecule has 1 rings (SSSR count). The summed E-state index contributed by atoms with van der Waals surface area (Å²) in [5, 5.41) is 3.33. The summed E-state index contributed by atoms with van der Waals surface area (Å²) in [6.07, 6.45) is -0.0536. The molecule has 114 valence electrons. The molecule has 0 bridgehead atoms. The van der Waals surface area contributed by atoms with Crippen molar-refractivity contribution in [1.82, 2.24) is 10.2 Å². The molecule has 0 amide bonds. The molecular formula is C14H27F3N2. The molecule has 0 aliphatic heterocycles. The van der Waals surface area contributed by atoms with Gasteiger partial charge in [0.25, 0.3) is 0 Å². The van der Waals surface area contributed by atoms with Gasteiger partial charge in [0, 0.05) is 19.1 Å². The average Bonchev–Trinajstić information content (AvgIpc) is 2.35. The minimum absolute atomic E-state index is 0.104. The number of hydrogen-bond acceptors (Lipinski definition) is 2. The standard InChI is InChI=1S/C14H27F3N2/c1-4-11-5-6-13(18-2)12(9-11)10-19(3)8-7-14(15,16)17/h11-13,18H,4-10H2,1-3H3. The molecule has 19 heavy (non-hydrogen) atoms. The van der Waals surface area contributed by atoms with Gasteiger partial charge in [0.2, 0.25) is 0 Å². The lowest BCUT2D eigenvalue weighted by molar-refractivity contribution is -0.137. The number of nitrogens with zero attached hydrogens (tertiary/aromatic N) is 1. The molecule has 0 radical (unpaired) electrons. The molecule has 0 saturated heterocycles. The fraction of sp³-hybridized carbons (Fsp3) is 1.00. The lowest BCUT2D eigenvalue weighted by Gasteiger charge is -2.38. The Hall–Kier alpha value is -0.290. The SMILES string of the molecule is CCC1CCC(NC)C(CN(C)CCC(F)(F)F)C1. The summed E-state index contributed by atoms with van der Waals surface area (Å²) < 4.78 is 36.6. The van der Waals surface area contributed by atoms with E-state index < -0.39 is 12.6 Å². The van der Waals surface area contributed by atoms with Gasteiger partial charge in [-0.25, -0.2) is 0 Å². The van der Waals surface area contributed by atoms with E-state index in [1.807, 2.05) is 11.9 Å². The second kappa shape index (κ2) is 7.48. The van der Waals surface area contributed by atoms with Gasteiger partial charge in [-0.05, 0) is 45.2 Å². The van der Waals surface area contributed by atoms with Crippen molar-refractivity contribution < 1.29 is 13.2 Å². The van der Waals surface area contributed by atoms with Gasteiger partial charge in [0.05, 0.1) is 6.42 Å². The third-order valence-electron chi connectivity index (χ3n) is 4.36. The van der Waals surface area contributed by atoms with Crippen molar-refractivity contribution in [2.75, 3.05) is 27.2 Å². The van der Waals surface area contributed by atoms with Crippen LogP contribution in [0.5, 0.6) is 0 Å². The zero-order valence-electron chi connectivity index (χ0n) is 12.3. The predicted octanol–water partition coefficient (Wildman–Crippen LogP) is 3.28. The molecule has 1 N–H and O–H groups in total. The molecule has 1 saturated carbocycles. The highest BCUT2D eigenvalue weighted by molar-refractivity contribution is 4.85. The molecule has 5 heteroatoms. The smallest absolute Gasteiger partial charge is 0.317 e. The van der Waals surface area contributed by atoms with E-state index in [1.165, 1.54) is 12.8 Å². The van der Waals surface area contributed by atoms with Crippen molar-refractivity contribution in [3.8, 4) is 0 Å². The quantitative estimate of drug-likeness (QED) is 0.803. The van der Waals surface area contributed by atoms with Crippen LogP contribution in [0.3, 0.4) is 0 Å². The summed E-state index contributed by atoms with van der Waals surface area (Å²) in [5.74, 6) is 1.22. The van der Waals surface area contributed by atoms with Gasteiger partial charge in [-0.1, -0.05) is 13.3 Å². The van der Waals surface area contributed by atoms with Crippen molar-refractivity contribution >= 4 is 0 Å². The molecule has 1 aliphatic carbocycles. The van der Waals surface area contributed by atoms with Crippen molar-refractivity contribution in [1.29, 1.82) is 0 Å². The molecule has 0 heterocycles. The van der Waals surface area contributed by atoms with Gasteiger partial charge in [-0.15, -0.1) is 0 Å². The molecule has 0 spiro atoms. The van der Waals surface area contributed by atoms with Gasteiger partial charge in [-0.3, -0.25) is 0 Å². The fourth-order valence-corrected chi connectivity index (χ4v) is 3.12. The molecule has 1 fully saturated rings. The summed E-state index contributed by atoms with van der Waals surface area (Å²) >= 11 is 0. The van der Waals surface area contributed by atoms with Crippen LogP contribution in [0.25, 0.3) is 0 Å². The van der Waals surface area contributed by atoms with Gasteiger partial charge in [-0.2, -0.15) is 13.2 Å². The Morgan fingerprint density at radius 1 is 1.26 bits per heavy atom. The van der Waals surface area contributed by atoms with E-state index in [9.17, 15) is 13.2 Å². The lowest BCUT2D eigenvalue weighted by Crippen LogP contribution is -2.44. The van der Waals surface area contributed by atoms with Crippen LogP contribution < -0.4 is 5.32 Å². The van der Waals surface area contributed by atoms with E-state index in [2.05, 4.69) is 12.2 Å². The minimum Gasteiger partial charge on any atom is -0.317 e. The monoisotopic (exact) mass is 280 g/mol. The molecule has 2 nitrogen and oxygen atoms in total. The maximum absolute atomic E-state index is 12.2. The maximum atomic E-state index is 12.2. The van der Waals surface area contributed by atoms with E-state index in [0.29, 0.717) is 12.0 Å². The second-order valence-corrected chi connectivity index (χ2v) is 5.87. The highest BCUT2D eigenvalue weighted by Crippen LogP contribution is 2.32. The van der Waals surface area contributed by atoms with Crippen molar-refractivity contribution in [2.24, 2.45) is 11.8 Å². The first-order valence-corrected chi connectivity index (χ1v) is 7.28. The van der Waals surface area contributed by atoms with E-state index in [4.69, 9.17) is 0 Å².